The Morgan fingerprint density at radius 2 is 0.800 bits per heavy atom. The molecule has 0 N–H and O–H groups in total. The van der Waals surface area contributed by atoms with Gasteiger partial charge in [0.25, 0.3) is 0 Å². The predicted octanol–water partition coefficient (Wildman–Crippen LogP) is 18.0. The van der Waals surface area contributed by atoms with E-state index in [1.54, 1.807) is 0 Å². The molecule has 0 amide bonds. The summed E-state index contributed by atoms with van der Waals surface area (Å²) in [5.41, 5.74) is 14.9. The summed E-state index contributed by atoms with van der Waals surface area (Å²) in [7, 11) is 0. The summed E-state index contributed by atoms with van der Waals surface area (Å²) in [6, 6.07) is 83.7. The molecule has 4 nitrogen and oxygen atoms in total. The number of hydrogen-bond donors (Lipinski definition) is 0. The van der Waals surface area contributed by atoms with Crippen LogP contribution in [0.4, 0.5) is 34.1 Å². The summed E-state index contributed by atoms with van der Waals surface area (Å²) in [4.78, 5) is 4.58. The van der Waals surface area contributed by atoms with Crippen LogP contribution in [0.1, 0.15) is 29.5 Å². The highest BCUT2D eigenvalue weighted by Gasteiger charge is 2.28. The number of anilines is 6. The molecule has 0 spiro atoms. The highest BCUT2D eigenvalue weighted by Crippen LogP contribution is 2.52. The highest BCUT2D eigenvalue weighted by atomic mass is 15.2. The second kappa shape index (κ2) is 18.0. The van der Waals surface area contributed by atoms with Gasteiger partial charge in [-0.1, -0.05) is 182 Å². The Morgan fingerprint density at radius 1 is 0.386 bits per heavy atom. The lowest BCUT2D eigenvalue weighted by atomic mass is 9.89. The van der Waals surface area contributed by atoms with E-state index in [1.165, 1.54) is 5.57 Å². The van der Waals surface area contributed by atoms with Crippen molar-refractivity contribution in [2.75, 3.05) is 9.80 Å². The molecule has 0 bridgehead atoms. The van der Waals surface area contributed by atoms with Crippen molar-refractivity contribution in [1.29, 1.82) is 10.5 Å². The number of nitrogens with zero attached hydrogens (tertiary/aromatic N) is 4. The van der Waals surface area contributed by atoms with E-state index < -0.39 is 0 Å². The first-order valence-corrected chi connectivity index (χ1v) is 23.8. The van der Waals surface area contributed by atoms with E-state index in [4.69, 9.17) is 0 Å². The zero-order valence-corrected chi connectivity index (χ0v) is 38.3. The van der Waals surface area contributed by atoms with Crippen molar-refractivity contribution in [1.82, 2.24) is 0 Å². The van der Waals surface area contributed by atoms with E-state index >= 15 is 0 Å². The molecule has 11 aromatic rings. The normalized spacial score (nSPS) is 12.2. The number of nitriles is 2. The van der Waals surface area contributed by atoms with E-state index in [2.05, 4.69) is 216 Å². The molecule has 0 saturated carbocycles. The lowest BCUT2D eigenvalue weighted by molar-refractivity contribution is 1.05. The molecule has 0 unspecified atom stereocenters. The lowest BCUT2D eigenvalue weighted by Crippen LogP contribution is -2.14. The molecule has 0 heterocycles. The quantitative estimate of drug-likeness (QED) is 0.128. The second-order valence-electron chi connectivity index (χ2n) is 17.8. The van der Waals surface area contributed by atoms with Crippen LogP contribution in [0.15, 0.2) is 243 Å². The summed E-state index contributed by atoms with van der Waals surface area (Å²) in [5.74, 6) is 0. The van der Waals surface area contributed by atoms with Crippen LogP contribution >= 0.6 is 0 Å². The van der Waals surface area contributed by atoms with Gasteiger partial charge >= 0.3 is 0 Å². The van der Waals surface area contributed by atoms with Crippen molar-refractivity contribution < 1.29 is 0 Å². The first-order chi connectivity index (χ1) is 34.7. The minimum Gasteiger partial charge on any atom is -0.308 e. The molecule has 70 heavy (non-hydrogen) atoms. The van der Waals surface area contributed by atoms with Crippen molar-refractivity contribution >= 4 is 72.0 Å². The van der Waals surface area contributed by atoms with Crippen molar-refractivity contribution in [2.45, 2.75) is 12.8 Å². The minimum atomic E-state index is 0.570. The molecule has 4 heteroatoms. The minimum absolute atomic E-state index is 0.570. The Morgan fingerprint density at radius 3 is 1.24 bits per heavy atom. The summed E-state index contributed by atoms with van der Waals surface area (Å²) in [6.07, 6.45) is 8.39. The first kappa shape index (κ1) is 41.9. The molecule has 12 rings (SSSR count). The monoisotopic (exact) mass is 892 g/mol. The van der Waals surface area contributed by atoms with Gasteiger partial charge < -0.3 is 9.80 Å². The third kappa shape index (κ3) is 7.33. The third-order valence-corrected chi connectivity index (χ3v) is 13.7. The molecule has 0 aromatic heterocycles. The van der Waals surface area contributed by atoms with Gasteiger partial charge in [0.1, 0.15) is 12.1 Å². The van der Waals surface area contributed by atoms with E-state index in [9.17, 15) is 10.5 Å². The molecular weight excluding hydrogens is 849 g/mol. The summed E-state index contributed by atoms with van der Waals surface area (Å²) < 4.78 is 0. The maximum absolute atomic E-state index is 11.2. The van der Waals surface area contributed by atoms with Crippen LogP contribution in [0.2, 0.25) is 0 Å². The zero-order valence-electron chi connectivity index (χ0n) is 38.3. The van der Waals surface area contributed by atoms with Gasteiger partial charge in [0, 0.05) is 33.3 Å². The van der Waals surface area contributed by atoms with Crippen LogP contribution in [0.25, 0.3) is 71.3 Å². The lowest BCUT2D eigenvalue weighted by Gasteiger charge is -2.32. The third-order valence-electron chi connectivity index (χ3n) is 13.7. The Bertz CT molecular complexity index is 3880. The van der Waals surface area contributed by atoms with Gasteiger partial charge in [-0.15, -0.1) is 0 Å². The molecule has 0 atom stereocenters. The SMILES string of the molecule is N#Cc1cc(C2=CC=CCC2)cc(-c2ccccc2)c1N(c1ccccc1)c1ccc2ccc3c(N(c4ccccc4)c4c(C#N)cc(-c5ccccc5)cc4-c4ccccc4)ccc4ccc1c2c43. The van der Waals surface area contributed by atoms with E-state index in [0.29, 0.717) is 11.1 Å². The fourth-order valence-corrected chi connectivity index (χ4v) is 10.5. The fraction of sp³-hybridized carbons (Fsp3) is 0.0303. The Hall–Kier alpha value is -9.48. The van der Waals surface area contributed by atoms with Crippen LogP contribution in [0.3, 0.4) is 0 Å². The topological polar surface area (TPSA) is 54.1 Å². The Balaban J connectivity index is 1.13. The summed E-state index contributed by atoms with van der Waals surface area (Å²) in [5, 5.41) is 29.0. The number of hydrogen-bond acceptors (Lipinski definition) is 4. The van der Waals surface area contributed by atoms with Crippen LogP contribution in [0, 0.1) is 22.7 Å². The first-order valence-electron chi connectivity index (χ1n) is 23.8. The van der Waals surface area contributed by atoms with Gasteiger partial charge in [-0.25, -0.2) is 0 Å². The predicted molar refractivity (Wildman–Crippen MR) is 292 cm³/mol. The van der Waals surface area contributed by atoms with Gasteiger partial charge in [-0.2, -0.15) is 10.5 Å². The largest absolute Gasteiger partial charge is 0.308 e. The Labute approximate surface area is 408 Å². The number of rotatable bonds is 10. The van der Waals surface area contributed by atoms with Gasteiger partial charge in [0.05, 0.1) is 33.9 Å². The Kier molecular flexibility index (Phi) is 10.8. The van der Waals surface area contributed by atoms with E-state index in [0.717, 1.165) is 118 Å². The van der Waals surface area contributed by atoms with E-state index in [1.807, 2.05) is 48.5 Å². The second-order valence-corrected chi connectivity index (χ2v) is 17.8. The maximum Gasteiger partial charge on any atom is 0.101 e. The van der Waals surface area contributed by atoms with Crippen LogP contribution in [-0.4, -0.2) is 0 Å². The number of allylic oxidation sites excluding steroid dienone is 4. The van der Waals surface area contributed by atoms with Gasteiger partial charge in [-0.3, -0.25) is 0 Å². The van der Waals surface area contributed by atoms with Gasteiger partial charge in [0.15, 0.2) is 0 Å². The van der Waals surface area contributed by atoms with Crippen LogP contribution < -0.4 is 9.80 Å². The van der Waals surface area contributed by atoms with E-state index in [-0.39, 0.29) is 0 Å². The van der Waals surface area contributed by atoms with Crippen molar-refractivity contribution in [2.24, 2.45) is 0 Å². The zero-order chi connectivity index (χ0) is 47.0. The fourth-order valence-electron chi connectivity index (χ4n) is 10.5. The highest BCUT2D eigenvalue weighted by molar-refractivity contribution is 6.28. The number of para-hydroxylation sites is 2. The molecular formula is C66H44N4. The summed E-state index contributed by atoms with van der Waals surface area (Å²) >= 11 is 0. The average Bonchev–Trinajstić information content (AvgIpc) is 3.44. The molecule has 1 aliphatic rings. The molecule has 0 aliphatic heterocycles. The van der Waals surface area contributed by atoms with Crippen molar-refractivity contribution in [3.05, 3.63) is 259 Å². The molecule has 11 aromatic carbocycles. The summed E-state index contributed by atoms with van der Waals surface area (Å²) in [6.45, 7) is 0. The van der Waals surface area contributed by atoms with Crippen LogP contribution in [-0.2, 0) is 0 Å². The van der Waals surface area contributed by atoms with Crippen molar-refractivity contribution in [3.63, 3.8) is 0 Å². The maximum atomic E-state index is 11.2. The van der Waals surface area contributed by atoms with Crippen LogP contribution in [0.5, 0.6) is 0 Å². The number of benzene rings is 11. The smallest absolute Gasteiger partial charge is 0.101 e. The molecule has 1 aliphatic carbocycles. The molecule has 0 radical (unpaired) electrons. The van der Waals surface area contributed by atoms with Gasteiger partial charge in [-0.05, 0) is 128 Å². The molecule has 0 fully saturated rings. The van der Waals surface area contributed by atoms with Gasteiger partial charge in [0.2, 0.25) is 0 Å². The standard InChI is InChI=1S/C66H44N4/c67-43-53-39-51(45-19-7-1-8-20-45)41-59(47-23-11-3-12-24-47)65(53)69(55-27-15-5-16-28-55)61-37-33-49-32-36-58-62(38-34-50-31-35-57(61)63(49)64(50)58)70(56-29-17-6-18-30-56)66-54(44-68)40-52(46-21-9-2-10-22-46)42-60(66)48-25-13-4-14-26-48/h1-9,11-21,23-42H,10,22H2. The molecule has 0 saturated heterocycles. The average molecular weight is 893 g/mol. The van der Waals surface area contributed by atoms with Crippen molar-refractivity contribution in [3.8, 4) is 45.5 Å². The molecule has 328 valence electrons.